The van der Waals surface area contributed by atoms with Gasteiger partial charge in [-0.2, -0.15) is 4.98 Å². The van der Waals surface area contributed by atoms with Gasteiger partial charge in [0.1, 0.15) is 5.82 Å². The zero-order valence-corrected chi connectivity index (χ0v) is 14.1. The Morgan fingerprint density at radius 3 is 2.16 bits per heavy atom. The van der Waals surface area contributed by atoms with Crippen LogP contribution in [-0.2, 0) is 4.79 Å². The summed E-state index contributed by atoms with van der Waals surface area (Å²) >= 11 is 0. The zero-order chi connectivity index (χ0) is 17.6. The molecule has 3 rings (SSSR count). The average molecular weight is 333 g/mol. The van der Waals surface area contributed by atoms with Gasteiger partial charge in [0.25, 0.3) is 0 Å². The van der Waals surface area contributed by atoms with E-state index in [0.29, 0.717) is 5.95 Å². The van der Waals surface area contributed by atoms with Crippen molar-refractivity contribution in [3.8, 4) is 0 Å². The SMILES string of the molecule is CC(=O)Nc1ccc(Nc2nc(C)cc(Nc3ccccc3)n2)cc1. The van der Waals surface area contributed by atoms with Crippen molar-refractivity contribution in [2.75, 3.05) is 16.0 Å². The van der Waals surface area contributed by atoms with E-state index in [1.165, 1.54) is 6.92 Å². The Bertz CT molecular complexity index is 863. The number of hydrogen-bond donors (Lipinski definition) is 3. The molecule has 1 amide bonds. The minimum atomic E-state index is -0.0978. The van der Waals surface area contributed by atoms with E-state index >= 15 is 0 Å². The molecule has 3 aromatic rings. The number of nitrogens with zero attached hydrogens (tertiary/aromatic N) is 2. The van der Waals surface area contributed by atoms with Crippen LogP contribution < -0.4 is 16.0 Å². The molecule has 1 heterocycles. The molecule has 0 saturated carbocycles. The van der Waals surface area contributed by atoms with E-state index in [2.05, 4.69) is 25.9 Å². The second-order valence-corrected chi connectivity index (χ2v) is 5.59. The summed E-state index contributed by atoms with van der Waals surface area (Å²) in [6.45, 7) is 3.40. The van der Waals surface area contributed by atoms with Crippen LogP contribution >= 0.6 is 0 Å². The monoisotopic (exact) mass is 333 g/mol. The van der Waals surface area contributed by atoms with Gasteiger partial charge >= 0.3 is 0 Å². The number of amides is 1. The van der Waals surface area contributed by atoms with E-state index in [0.717, 1.165) is 28.6 Å². The molecule has 0 atom stereocenters. The number of carbonyl (C=O) groups is 1. The number of aromatic nitrogens is 2. The van der Waals surface area contributed by atoms with Gasteiger partial charge in [0.15, 0.2) is 0 Å². The molecule has 3 N–H and O–H groups in total. The van der Waals surface area contributed by atoms with Crippen molar-refractivity contribution in [1.82, 2.24) is 9.97 Å². The first-order valence-electron chi connectivity index (χ1n) is 7.91. The van der Waals surface area contributed by atoms with Gasteiger partial charge in [-0.15, -0.1) is 0 Å². The minimum Gasteiger partial charge on any atom is -0.340 e. The van der Waals surface area contributed by atoms with E-state index in [4.69, 9.17) is 0 Å². The van der Waals surface area contributed by atoms with Crippen LogP contribution in [-0.4, -0.2) is 15.9 Å². The van der Waals surface area contributed by atoms with Crippen LogP contribution in [0.1, 0.15) is 12.6 Å². The van der Waals surface area contributed by atoms with Crippen LogP contribution in [0.5, 0.6) is 0 Å². The number of carbonyl (C=O) groups excluding carboxylic acids is 1. The molecule has 25 heavy (non-hydrogen) atoms. The zero-order valence-electron chi connectivity index (χ0n) is 14.1. The molecule has 0 aliphatic rings. The largest absolute Gasteiger partial charge is 0.340 e. The highest BCUT2D eigenvalue weighted by molar-refractivity contribution is 5.88. The number of nitrogens with one attached hydrogen (secondary N) is 3. The van der Waals surface area contributed by atoms with Crippen molar-refractivity contribution in [1.29, 1.82) is 0 Å². The van der Waals surface area contributed by atoms with Gasteiger partial charge < -0.3 is 16.0 Å². The summed E-state index contributed by atoms with van der Waals surface area (Å²) in [5, 5.41) is 9.17. The predicted molar refractivity (Wildman–Crippen MR) is 101 cm³/mol. The van der Waals surface area contributed by atoms with Crippen LogP contribution in [0.4, 0.5) is 28.8 Å². The lowest BCUT2D eigenvalue weighted by Gasteiger charge is -2.10. The Kier molecular flexibility index (Phi) is 4.89. The summed E-state index contributed by atoms with van der Waals surface area (Å²) in [4.78, 5) is 20.0. The molecule has 0 aliphatic heterocycles. The number of aryl methyl sites for hydroxylation is 1. The second-order valence-electron chi connectivity index (χ2n) is 5.59. The first-order chi connectivity index (χ1) is 12.1. The molecule has 0 unspecified atom stereocenters. The first kappa shape index (κ1) is 16.4. The Morgan fingerprint density at radius 1 is 0.840 bits per heavy atom. The average Bonchev–Trinajstić information content (AvgIpc) is 2.56. The van der Waals surface area contributed by atoms with Crippen molar-refractivity contribution in [3.63, 3.8) is 0 Å². The molecule has 6 nitrogen and oxygen atoms in total. The van der Waals surface area contributed by atoms with Crippen LogP contribution in [0, 0.1) is 6.92 Å². The molecule has 0 saturated heterocycles. The fourth-order valence-electron chi connectivity index (χ4n) is 2.33. The topological polar surface area (TPSA) is 78.9 Å². The van der Waals surface area contributed by atoms with Gasteiger partial charge in [0, 0.05) is 35.7 Å². The summed E-state index contributed by atoms with van der Waals surface area (Å²) in [5.74, 6) is 1.13. The molecule has 0 radical (unpaired) electrons. The minimum absolute atomic E-state index is 0.0978. The van der Waals surface area contributed by atoms with Gasteiger partial charge in [-0.05, 0) is 43.3 Å². The molecular weight excluding hydrogens is 314 g/mol. The maximum atomic E-state index is 11.1. The fourth-order valence-corrected chi connectivity index (χ4v) is 2.33. The quantitative estimate of drug-likeness (QED) is 0.651. The molecule has 0 fully saturated rings. The van der Waals surface area contributed by atoms with Crippen molar-refractivity contribution >= 4 is 34.7 Å². The Morgan fingerprint density at radius 2 is 1.48 bits per heavy atom. The van der Waals surface area contributed by atoms with E-state index in [1.807, 2.05) is 67.6 Å². The van der Waals surface area contributed by atoms with Crippen molar-refractivity contribution < 1.29 is 4.79 Å². The Hall–Kier alpha value is -3.41. The van der Waals surface area contributed by atoms with E-state index < -0.39 is 0 Å². The molecule has 0 bridgehead atoms. The number of benzene rings is 2. The summed E-state index contributed by atoms with van der Waals surface area (Å²) in [5.41, 5.74) is 3.40. The van der Waals surface area contributed by atoms with Crippen molar-refractivity contribution in [2.45, 2.75) is 13.8 Å². The van der Waals surface area contributed by atoms with Gasteiger partial charge in [-0.25, -0.2) is 4.98 Å². The number of rotatable bonds is 5. The smallest absolute Gasteiger partial charge is 0.229 e. The highest BCUT2D eigenvalue weighted by Crippen LogP contribution is 2.20. The fraction of sp³-hybridized carbons (Fsp3) is 0.105. The molecule has 126 valence electrons. The summed E-state index contributed by atoms with van der Waals surface area (Å²) in [7, 11) is 0. The number of hydrogen-bond acceptors (Lipinski definition) is 5. The van der Waals surface area contributed by atoms with Gasteiger partial charge in [0.05, 0.1) is 0 Å². The maximum absolute atomic E-state index is 11.1. The molecule has 6 heteroatoms. The predicted octanol–water partition coefficient (Wildman–Crippen LogP) is 4.23. The molecule has 2 aromatic carbocycles. The summed E-state index contributed by atoms with van der Waals surface area (Å²) in [6, 6.07) is 19.1. The van der Waals surface area contributed by atoms with Crippen LogP contribution in [0.2, 0.25) is 0 Å². The Balaban J connectivity index is 1.75. The summed E-state index contributed by atoms with van der Waals surface area (Å²) in [6.07, 6.45) is 0. The maximum Gasteiger partial charge on any atom is 0.229 e. The number of anilines is 5. The molecule has 1 aromatic heterocycles. The highest BCUT2D eigenvalue weighted by Gasteiger charge is 2.04. The van der Waals surface area contributed by atoms with Crippen LogP contribution in [0.25, 0.3) is 0 Å². The van der Waals surface area contributed by atoms with Crippen molar-refractivity contribution in [3.05, 3.63) is 66.4 Å². The van der Waals surface area contributed by atoms with E-state index in [-0.39, 0.29) is 5.91 Å². The summed E-state index contributed by atoms with van der Waals surface area (Å²) < 4.78 is 0. The lowest BCUT2D eigenvalue weighted by Crippen LogP contribution is -2.05. The van der Waals surface area contributed by atoms with Crippen LogP contribution in [0.15, 0.2) is 60.7 Å². The molecule has 0 aliphatic carbocycles. The lowest BCUT2D eigenvalue weighted by atomic mass is 10.3. The third kappa shape index (κ3) is 4.78. The van der Waals surface area contributed by atoms with Gasteiger partial charge in [-0.1, -0.05) is 18.2 Å². The lowest BCUT2D eigenvalue weighted by molar-refractivity contribution is -0.114. The van der Waals surface area contributed by atoms with E-state index in [9.17, 15) is 4.79 Å². The normalized spacial score (nSPS) is 10.2. The van der Waals surface area contributed by atoms with Crippen LogP contribution in [0.3, 0.4) is 0 Å². The third-order valence-electron chi connectivity index (χ3n) is 3.36. The van der Waals surface area contributed by atoms with Gasteiger partial charge in [0.2, 0.25) is 11.9 Å². The van der Waals surface area contributed by atoms with E-state index in [1.54, 1.807) is 0 Å². The first-order valence-corrected chi connectivity index (χ1v) is 7.91. The van der Waals surface area contributed by atoms with Crippen molar-refractivity contribution in [2.24, 2.45) is 0 Å². The standard InChI is InChI=1S/C19H19N5O/c1-13-12-18(22-15-6-4-3-5-7-15)24-19(20-13)23-17-10-8-16(9-11-17)21-14(2)25/h3-12H,1-2H3,(H,21,25)(H2,20,22,23,24). The van der Waals surface area contributed by atoms with Gasteiger partial charge in [-0.3, -0.25) is 4.79 Å². The number of para-hydroxylation sites is 1. The molecular formula is C19H19N5O. The highest BCUT2D eigenvalue weighted by atomic mass is 16.1. The third-order valence-corrected chi connectivity index (χ3v) is 3.36. The Labute approximate surface area is 146 Å². The second kappa shape index (κ2) is 7.44. The molecule has 0 spiro atoms.